The third-order valence-electron chi connectivity index (χ3n) is 4.12. The van der Waals surface area contributed by atoms with Gasteiger partial charge < -0.3 is 10.6 Å². The fourth-order valence-corrected chi connectivity index (χ4v) is 3.39. The summed E-state index contributed by atoms with van der Waals surface area (Å²) in [5, 5.41) is 13.8. The first-order chi connectivity index (χ1) is 7.70. The standard InChI is InChI=1S/C12H19N3O/c1-8(15-12(16)14-5-4-13)11-7-9-2-3-10(11)6-9/h8-11H,2-3,5-7H2,1H3,(H2,14,15,16). The zero-order valence-electron chi connectivity index (χ0n) is 9.70. The van der Waals surface area contributed by atoms with Crippen molar-refractivity contribution in [2.24, 2.45) is 17.8 Å². The van der Waals surface area contributed by atoms with Crippen LogP contribution in [0.25, 0.3) is 0 Å². The number of nitriles is 1. The van der Waals surface area contributed by atoms with Crippen LogP contribution in [0, 0.1) is 29.1 Å². The normalized spacial score (nSPS) is 33.1. The second kappa shape index (κ2) is 4.73. The fraction of sp³-hybridized carbons (Fsp3) is 0.833. The van der Waals surface area contributed by atoms with Crippen LogP contribution >= 0.6 is 0 Å². The molecule has 16 heavy (non-hydrogen) atoms. The average Bonchev–Trinajstić information content (AvgIpc) is 2.87. The molecule has 0 aromatic carbocycles. The highest BCUT2D eigenvalue weighted by Crippen LogP contribution is 2.49. The van der Waals surface area contributed by atoms with E-state index < -0.39 is 0 Å². The smallest absolute Gasteiger partial charge is 0.315 e. The lowest BCUT2D eigenvalue weighted by Gasteiger charge is -2.28. The first kappa shape index (κ1) is 11.3. The minimum atomic E-state index is -0.211. The Morgan fingerprint density at radius 1 is 1.50 bits per heavy atom. The molecule has 0 saturated heterocycles. The maximum absolute atomic E-state index is 11.4. The van der Waals surface area contributed by atoms with Gasteiger partial charge in [0.05, 0.1) is 6.07 Å². The fourth-order valence-electron chi connectivity index (χ4n) is 3.39. The Hall–Kier alpha value is -1.24. The average molecular weight is 221 g/mol. The van der Waals surface area contributed by atoms with Crippen molar-refractivity contribution in [2.75, 3.05) is 6.54 Å². The zero-order chi connectivity index (χ0) is 11.5. The predicted molar refractivity (Wildman–Crippen MR) is 60.5 cm³/mol. The lowest BCUT2D eigenvalue weighted by atomic mass is 9.84. The molecule has 4 atom stereocenters. The van der Waals surface area contributed by atoms with E-state index in [1.807, 2.05) is 6.07 Å². The van der Waals surface area contributed by atoms with Crippen LogP contribution in [-0.4, -0.2) is 18.6 Å². The van der Waals surface area contributed by atoms with Gasteiger partial charge in [-0.2, -0.15) is 5.26 Å². The third kappa shape index (κ3) is 2.29. The number of carbonyl (C=O) groups is 1. The van der Waals surface area contributed by atoms with Crippen LogP contribution in [0.2, 0.25) is 0 Å². The molecule has 2 amide bonds. The Morgan fingerprint density at radius 2 is 2.31 bits per heavy atom. The molecule has 2 aliphatic carbocycles. The number of urea groups is 1. The van der Waals surface area contributed by atoms with Crippen LogP contribution < -0.4 is 10.6 Å². The number of hydrogen-bond donors (Lipinski definition) is 2. The van der Waals surface area contributed by atoms with Gasteiger partial charge >= 0.3 is 6.03 Å². The summed E-state index contributed by atoms with van der Waals surface area (Å²) >= 11 is 0. The Kier molecular flexibility index (Phi) is 3.33. The number of nitrogens with zero attached hydrogens (tertiary/aromatic N) is 1. The van der Waals surface area contributed by atoms with Gasteiger partial charge in [-0.1, -0.05) is 6.42 Å². The molecule has 0 aromatic rings. The van der Waals surface area contributed by atoms with E-state index in [1.165, 1.54) is 25.7 Å². The highest BCUT2D eigenvalue weighted by Gasteiger charge is 2.42. The number of nitrogens with one attached hydrogen (secondary N) is 2. The summed E-state index contributed by atoms with van der Waals surface area (Å²) in [5.41, 5.74) is 0. The van der Waals surface area contributed by atoms with Crippen molar-refractivity contribution in [3.05, 3.63) is 0 Å². The molecule has 2 rings (SSSR count). The van der Waals surface area contributed by atoms with Crippen LogP contribution in [0.4, 0.5) is 4.79 Å². The second-order valence-electron chi connectivity index (χ2n) is 5.11. The third-order valence-corrected chi connectivity index (χ3v) is 4.12. The van der Waals surface area contributed by atoms with E-state index in [-0.39, 0.29) is 18.6 Å². The van der Waals surface area contributed by atoms with E-state index in [1.54, 1.807) is 0 Å². The zero-order valence-corrected chi connectivity index (χ0v) is 9.70. The van der Waals surface area contributed by atoms with Crippen molar-refractivity contribution in [3.8, 4) is 6.07 Å². The Labute approximate surface area is 96.4 Å². The minimum absolute atomic E-state index is 0.0786. The molecule has 0 aromatic heterocycles. The number of carbonyl (C=O) groups excluding carboxylic acids is 1. The van der Waals surface area contributed by atoms with E-state index in [0.29, 0.717) is 5.92 Å². The lowest BCUT2D eigenvalue weighted by molar-refractivity contribution is 0.221. The summed E-state index contributed by atoms with van der Waals surface area (Å²) in [7, 11) is 0. The number of amides is 2. The summed E-state index contributed by atoms with van der Waals surface area (Å²) < 4.78 is 0. The summed E-state index contributed by atoms with van der Waals surface area (Å²) in [5.74, 6) is 2.37. The molecule has 4 nitrogen and oxygen atoms in total. The van der Waals surface area contributed by atoms with Crippen molar-refractivity contribution < 1.29 is 4.79 Å². The van der Waals surface area contributed by atoms with Crippen molar-refractivity contribution in [1.29, 1.82) is 5.26 Å². The van der Waals surface area contributed by atoms with Crippen LogP contribution in [-0.2, 0) is 0 Å². The molecular weight excluding hydrogens is 202 g/mol. The second-order valence-corrected chi connectivity index (χ2v) is 5.11. The molecule has 0 heterocycles. The maximum atomic E-state index is 11.4. The Bertz CT molecular complexity index is 310. The van der Waals surface area contributed by atoms with Crippen LogP contribution in [0.1, 0.15) is 32.6 Å². The van der Waals surface area contributed by atoms with Gasteiger partial charge in [0, 0.05) is 6.04 Å². The van der Waals surface area contributed by atoms with Gasteiger partial charge in [-0.05, 0) is 43.9 Å². The van der Waals surface area contributed by atoms with E-state index in [0.717, 1.165) is 11.8 Å². The van der Waals surface area contributed by atoms with Crippen molar-refractivity contribution in [2.45, 2.75) is 38.6 Å². The topological polar surface area (TPSA) is 64.9 Å². The highest BCUT2D eigenvalue weighted by atomic mass is 16.2. The van der Waals surface area contributed by atoms with Crippen molar-refractivity contribution in [3.63, 3.8) is 0 Å². The monoisotopic (exact) mass is 221 g/mol. The predicted octanol–water partition coefficient (Wildman–Crippen LogP) is 1.63. The molecular formula is C12H19N3O. The number of hydrogen-bond acceptors (Lipinski definition) is 2. The molecule has 88 valence electrons. The molecule has 2 aliphatic rings. The SMILES string of the molecule is CC(NC(=O)NCC#N)C1CC2CCC1C2. The van der Waals surface area contributed by atoms with Gasteiger partial charge in [0.2, 0.25) is 0 Å². The van der Waals surface area contributed by atoms with Gasteiger partial charge in [0.15, 0.2) is 0 Å². The summed E-state index contributed by atoms with van der Waals surface area (Å²) in [6.45, 7) is 2.16. The van der Waals surface area contributed by atoms with Crippen molar-refractivity contribution in [1.82, 2.24) is 10.6 Å². The van der Waals surface area contributed by atoms with Crippen LogP contribution in [0.15, 0.2) is 0 Å². The van der Waals surface area contributed by atoms with E-state index in [4.69, 9.17) is 5.26 Å². The highest BCUT2D eigenvalue weighted by molar-refractivity contribution is 5.74. The molecule has 2 saturated carbocycles. The van der Waals surface area contributed by atoms with Gasteiger partial charge in [-0.3, -0.25) is 0 Å². The van der Waals surface area contributed by atoms with Gasteiger partial charge in [-0.15, -0.1) is 0 Å². The first-order valence-electron chi connectivity index (χ1n) is 6.12. The molecule has 0 aliphatic heterocycles. The Balaban J connectivity index is 1.78. The van der Waals surface area contributed by atoms with Crippen molar-refractivity contribution >= 4 is 6.03 Å². The molecule has 2 bridgehead atoms. The summed E-state index contributed by atoms with van der Waals surface area (Å²) in [6.07, 6.45) is 5.34. The summed E-state index contributed by atoms with van der Waals surface area (Å²) in [6, 6.07) is 1.92. The minimum Gasteiger partial charge on any atom is -0.335 e. The molecule has 0 spiro atoms. The quantitative estimate of drug-likeness (QED) is 0.711. The summed E-state index contributed by atoms with van der Waals surface area (Å²) in [4.78, 5) is 11.4. The van der Waals surface area contributed by atoms with E-state index in [2.05, 4.69) is 17.6 Å². The van der Waals surface area contributed by atoms with Crippen LogP contribution in [0.5, 0.6) is 0 Å². The molecule has 4 unspecified atom stereocenters. The van der Waals surface area contributed by atoms with Crippen LogP contribution in [0.3, 0.4) is 0 Å². The lowest BCUT2D eigenvalue weighted by Crippen LogP contribution is -2.45. The molecule has 2 N–H and O–H groups in total. The maximum Gasteiger partial charge on any atom is 0.315 e. The van der Waals surface area contributed by atoms with Gasteiger partial charge in [0.1, 0.15) is 6.54 Å². The molecule has 2 fully saturated rings. The molecule has 0 radical (unpaired) electrons. The Morgan fingerprint density at radius 3 is 2.88 bits per heavy atom. The number of rotatable bonds is 3. The van der Waals surface area contributed by atoms with Gasteiger partial charge in [0.25, 0.3) is 0 Å². The largest absolute Gasteiger partial charge is 0.335 e. The first-order valence-corrected chi connectivity index (χ1v) is 6.12. The van der Waals surface area contributed by atoms with E-state index in [9.17, 15) is 4.79 Å². The molecule has 4 heteroatoms. The van der Waals surface area contributed by atoms with E-state index >= 15 is 0 Å². The number of fused-ring (bicyclic) bond motifs is 2. The van der Waals surface area contributed by atoms with Gasteiger partial charge in [-0.25, -0.2) is 4.79 Å².